The summed E-state index contributed by atoms with van der Waals surface area (Å²) in [6.07, 6.45) is 2.36. The number of hydrogen-bond acceptors (Lipinski definition) is 5. The molecule has 1 aliphatic heterocycles. The van der Waals surface area contributed by atoms with E-state index in [4.69, 9.17) is 4.42 Å². The lowest BCUT2D eigenvalue weighted by molar-refractivity contribution is 0.439. The molecule has 7 heteroatoms. The van der Waals surface area contributed by atoms with Gasteiger partial charge in [0.15, 0.2) is 0 Å². The molecule has 0 spiro atoms. The van der Waals surface area contributed by atoms with Crippen molar-refractivity contribution in [2.75, 3.05) is 24.6 Å². The number of rotatable bonds is 5. The van der Waals surface area contributed by atoms with Crippen LogP contribution in [0.25, 0.3) is 0 Å². The van der Waals surface area contributed by atoms with Crippen molar-refractivity contribution in [3.8, 4) is 0 Å². The standard InChI is InChI=1S/C14H22N2O3S2/c1-10-13(9-15-12-3-4-12)14(11(2)19-10)21(17,18)16-5-7-20-8-6-16/h12,15H,3-9H2,1-2H3. The fourth-order valence-electron chi connectivity index (χ4n) is 2.70. The Morgan fingerprint density at radius 2 is 1.90 bits per heavy atom. The molecule has 0 aromatic carbocycles. The molecule has 1 aromatic heterocycles. The van der Waals surface area contributed by atoms with E-state index in [1.165, 1.54) is 12.8 Å². The summed E-state index contributed by atoms with van der Waals surface area (Å²) >= 11 is 1.80. The van der Waals surface area contributed by atoms with Crippen LogP contribution < -0.4 is 5.32 Å². The van der Waals surface area contributed by atoms with Gasteiger partial charge in [0.05, 0.1) is 0 Å². The number of sulfonamides is 1. The largest absolute Gasteiger partial charge is 0.465 e. The van der Waals surface area contributed by atoms with Crippen LogP contribution in [0.2, 0.25) is 0 Å². The predicted octanol–water partition coefficient (Wildman–Crippen LogP) is 1.89. The highest BCUT2D eigenvalue weighted by molar-refractivity contribution is 7.99. The van der Waals surface area contributed by atoms with E-state index in [0.29, 0.717) is 42.1 Å². The minimum Gasteiger partial charge on any atom is -0.465 e. The summed E-state index contributed by atoms with van der Waals surface area (Å²) in [6.45, 7) is 5.35. The molecule has 3 rings (SSSR count). The Balaban J connectivity index is 1.91. The second kappa shape index (κ2) is 5.95. The predicted molar refractivity (Wildman–Crippen MR) is 84.1 cm³/mol. The molecule has 0 unspecified atom stereocenters. The minimum absolute atomic E-state index is 0.389. The van der Waals surface area contributed by atoms with Crippen LogP contribution in [0.3, 0.4) is 0 Å². The van der Waals surface area contributed by atoms with Gasteiger partial charge in [0.1, 0.15) is 16.4 Å². The van der Waals surface area contributed by atoms with E-state index in [-0.39, 0.29) is 0 Å². The monoisotopic (exact) mass is 330 g/mol. The summed E-state index contributed by atoms with van der Waals surface area (Å²) in [4.78, 5) is 0.389. The molecule has 0 atom stereocenters. The number of nitrogens with zero attached hydrogens (tertiary/aromatic N) is 1. The molecule has 5 nitrogen and oxygen atoms in total. The molecule has 2 heterocycles. The van der Waals surface area contributed by atoms with E-state index in [9.17, 15) is 8.42 Å². The first-order valence-electron chi connectivity index (χ1n) is 7.40. The highest BCUT2D eigenvalue weighted by Crippen LogP contribution is 2.31. The molecule has 1 N–H and O–H groups in total. The number of furan rings is 1. The summed E-state index contributed by atoms with van der Waals surface area (Å²) in [6, 6.07) is 0.543. The molecule has 118 valence electrons. The van der Waals surface area contributed by atoms with Crippen molar-refractivity contribution in [2.45, 2.75) is 44.2 Å². The van der Waals surface area contributed by atoms with E-state index in [0.717, 1.165) is 17.1 Å². The van der Waals surface area contributed by atoms with Crippen LogP contribution in [0.15, 0.2) is 9.31 Å². The third kappa shape index (κ3) is 3.16. The van der Waals surface area contributed by atoms with Crippen LogP contribution in [-0.2, 0) is 16.6 Å². The first-order chi connectivity index (χ1) is 10.00. The molecule has 1 saturated carbocycles. The fourth-order valence-corrected chi connectivity index (χ4v) is 5.69. The molecule has 2 aliphatic rings. The summed E-state index contributed by atoms with van der Waals surface area (Å²) in [5.41, 5.74) is 0.803. The van der Waals surface area contributed by atoms with Gasteiger partial charge in [-0.05, 0) is 26.7 Å². The van der Waals surface area contributed by atoms with Crippen LogP contribution in [0.4, 0.5) is 0 Å². The Morgan fingerprint density at radius 1 is 1.24 bits per heavy atom. The van der Waals surface area contributed by atoms with E-state index in [1.807, 2.05) is 6.92 Å². The van der Waals surface area contributed by atoms with Crippen molar-refractivity contribution in [1.82, 2.24) is 9.62 Å². The maximum atomic E-state index is 12.9. The number of thioether (sulfide) groups is 1. The smallest absolute Gasteiger partial charge is 0.246 e. The second-order valence-corrected chi connectivity index (χ2v) is 8.79. The summed E-state index contributed by atoms with van der Waals surface area (Å²) in [5.74, 6) is 2.96. The van der Waals surface area contributed by atoms with Gasteiger partial charge in [-0.15, -0.1) is 0 Å². The van der Waals surface area contributed by atoms with Gasteiger partial charge in [-0.1, -0.05) is 0 Å². The molecule has 21 heavy (non-hydrogen) atoms. The average molecular weight is 330 g/mol. The molecule has 2 fully saturated rings. The van der Waals surface area contributed by atoms with Crippen molar-refractivity contribution < 1.29 is 12.8 Å². The van der Waals surface area contributed by atoms with Gasteiger partial charge in [0.25, 0.3) is 0 Å². The zero-order chi connectivity index (χ0) is 15.0. The first kappa shape index (κ1) is 15.4. The van der Waals surface area contributed by atoms with E-state index in [2.05, 4.69) is 5.32 Å². The molecule has 0 bridgehead atoms. The molecule has 1 aromatic rings. The fraction of sp³-hybridized carbons (Fsp3) is 0.714. The lowest BCUT2D eigenvalue weighted by Crippen LogP contribution is -2.38. The number of nitrogens with one attached hydrogen (secondary N) is 1. The van der Waals surface area contributed by atoms with Gasteiger partial charge < -0.3 is 9.73 Å². The zero-order valence-electron chi connectivity index (χ0n) is 12.5. The number of aryl methyl sites for hydroxylation is 2. The average Bonchev–Trinajstić information content (AvgIpc) is 3.23. The van der Waals surface area contributed by atoms with Crippen LogP contribution >= 0.6 is 11.8 Å². The molecular formula is C14H22N2O3S2. The molecule has 0 radical (unpaired) electrons. The zero-order valence-corrected chi connectivity index (χ0v) is 14.1. The normalized spacial score (nSPS) is 20.9. The van der Waals surface area contributed by atoms with Crippen molar-refractivity contribution in [3.05, 3.63) is 17.1 Å². The Morgan fingerprint density at radius 3 is 2.52 bits per heavy atom. The lowest BCUT2D eigenvalue weighted by atomic mass is 10.2. The van der Waals surface area contributed by atoms with Crippen molar-refractivity contribution in [2.24, 2.45) is 0 Å². The summed E-state index contributed by atoms with van der Waals surface area (Å²) < 4.78 is 33.1. The van der Waals surface area contributed by atoms with Crippen LogP contribution in [0.1, 0.15) is 29.9 Å². The SMILES string of the molecule is Cc1oc(C)c(S(=O)(=O)N2CCSCC2)c1CNC1CC1. The summed E-state index contributed by atoms with van der Waals surface area (Å²) in [5, 5.41) is 3.40. The lowest BCUT2D eigenvalue weighted by Gasteiger charge is -2.25. The van der Waals surface area contributed by atoms with Gasteiger partial charge in [-0.2, -0.15) is 16.1 Å². The third-order valence-electron chi connectivity index (χ3n) is 4.04. The minimum atomic E-state index is -3.44. The molecular weight excluding hydrogens is 308 g/mol. The van der Waals surface area contributed by atoms with Gasteiger partial charge in [0.2, 0.25) is 10.0 Å². The molecule has 1 aliphatic carbocycles. The van der Waals surface area contributed by atoms with Gasteiger partial charge in [-0.3, -0.25) is 0 Å². The highest BCUT2D eigenvalue weighted by Gasteiger charge is 2.33. The number of hydrogen-bond donors (Lipinski definition) is 1. The van der Waals surface area contributed by atoms with Crippen LogP contribution in [0, 0.1) is 13.8 Å². The van der Waals surface area contributed by atoms with E-state index >= 15 is 0 Å². The van der Waals surface area contributed by atoms with Crippen LogP contribution in [0.5, 0.6) is 0 Å². The maximum absolute atomic E-state index is 12.9. The molecule has 1 saturated heterocycles. The Bertz CT molecular complexity index is 614. The van der Waals surface area contributed by atoms with Crippen molar-refractivity contribution in [3.63, 3.8) is 0 Å². The quantitative estimate of drug-likeness (QED) is 0.893. The van der Waals surface area contributed by atoms with Gasteiger partial charge in [-0.25, -0.2) is 8.42 Å². The third-order valence-corrected chi connectivity index (χ3v) is 7.08. The summed E-state index contributed by atoms with van der Waals surface area (Å²) in [7, 11) is -3.44. The van der Waals surface area contributed by atoms with Crippen molar-refractivity contribution >= 4 is 21.8 Å². The van der Waals surface area contributed by atoms with Gasteiger partial charge in [0, 0.05) is 42.7 Å². The Hall–Kier alpha value is -0.500. The second-order valence-electron chi connectivity index (χ2n) is 5.69. The van der Waals surface area contributed by atoms with Crippen LogP contribution in [-0.4, -0.2) is 43.4 Å². The first-order valence-corrected chi connectivity index (χ1v) is 10.00. The highest BCUT2D eigenvalue weighted by atomic mass is 32.2. The Labute approximate surface area is 130 Å². The van der Waals surface area contributed by atoms with E-state index in [1.54, 1.807) is 23.0 Å². The van der Waals surface area contributed by atoms with E-state index < -0.39 is 10.0 Å². The topological polar surface area (TPSA) is 62.6 Å². The maximum Gasteiger partial charge on any atom is 0.246 e. The van der Waals surface area contributed by atoms with Crippen molar-refractivity contribution in [1.29, 1.82) is 0 Å². The Kier molecular flexibility index (Phi) is 4.36. The van der Waals surface area contributed by atoms with Gasteiger partial charge >= 0.3 is 0 Å². The molecule has 0 amide bonds.